The molecule has 2 rings (SSSR count). The lowest BCUT2D eigenvalue weighted by molar-refractivity contribution is 0.0822. The summed E-state index contributed by atoms with van der Waals surface area (Å²) in [6.45, 7) is 0.902. The highest BCUT2D eigenvalue weighted by Crippen LogP contribution is 2.33. The molecule has 0 aromatic carbocycles. The zero-order chi connectivity index (χ0) is 15.5. The van der Waals surface area contributed by atoms with Gasteiger partial charge in [-0.1, -0.05) is 12.8 Å². The van der Waals surface area contributed by atoms with Gasteiger partial charge in [-0.25, -0.2) is 0 Å². The van der Waals surface area contributed by atoms with Crippen molar-refractivity contribution < 1.29 is 4.79 Å². The highest BCUT2D eigenvalue weighted by molar-refractivity contribution is 5.92. The molecular formula is C16H26N4O. The summed E-state index contributed by atoms with van der Waals surface area (Å²) in [5.41, 5.74) is 1.67. The van der Waals surface area contributed by atoms with Gasteiger partial charge in [0.15, 0.2) is 0 Å². The molecule has 1 N–H and O–H groups in total. The van der Waals surface area contributed by atoms with Crippen LogP contribution in [-0.4, -0.2) is 61.0 Å². The maximum absolute atomic E-state index is 12.0. The van der Waals surface area contributed by atoms with Crippen molar-refractivity contribution in [3.63, 3.8) is 0 Å². The Morgan fingerprint density at radius 1 is 1.29 bits per heavy atom. The number of carbonyl (C=O) groups is 1. The van der Waals surface area contributed by atoms with E-state index in [2.05, 4.69) is 29.3 Å². The standard InChI is InChI=1S/C16H26N4O/c1-19(2)15(21)14-11-13(7-10-17-14)18-12-16(20(3)4)8-5-6-9-16/h7,10-11H,5-6,8-9,12H2,1-4H3,(H,17,18). The van der Waals surface area contributed by atoms with Crippen LogP contribution in [0.5, 0.6) is 0 Å². The van der Waals surface area contributed by atoms with Crippen LogP contribution in [-0.2, 0) is 0 Å². The second-order valence-corrected chi connectivity index (χ2v) is 6.31. The van der Waals surface area contributed by atoms with Crippen LogP contribution in [0, 0.1) is 0 Å². The van der Waals surface area contributed by atoms with E-state index in [-0.39, 0.29) is 11.4 Å². The van der Waals surface area contributed by atoms with E-state index in [1.807, 2.05) is 12.1 Å². The van der Waals surface area contributed by atoms with E-state index in [0.717, 1.165) is 12.2 Å². The summed E-state index contributed by atoms with van der Waals surface area (Å²) in [5, 5.41) is 3.49. The van der Waals surface area contributed by atoms with Crippen molar-refractivity contribution in [2.75, 3.05) is 40.1 Å². The van der Waals surface area contributed by atoms with Gasteiger partial charge >= 0.3 is 0 Å². The van der Waals surface area contributed by atoms with Crippen molar-refractivity contribution in [2.24, 2.45) is 0 Å². The largest absolute Gasteiger partial charge is 0.383 e. The summed E-state index contributed by atoms with van der Waals surface area (Å²) in [6.07, 6.45) is 6.72. The third kappa shape index (κ3) is 3.53. The number of aromatic nitrogens is 1. The highest BCUT2D eigenvalue weighted by atomic mass is 16.2. The Labute approximate surface area is 127 Å². The first-order chi connectivity index (χ1) is 9.94. The smallest absolute Gasteiger partial charge is 0.272 e. The Balaban J connectivity index is 2.06. The molecule has 0 spiro atoms. The van der Waals surface area contributed by atoms with Crippen LogP contribution in [0.4, 0.5) is 5.69 Å². The van der Waals surface area contributed by atoms with E-state index in [1.54, 1.807) is 25.2 Å². The lowest BCUT2D eigenvalue weighted by atomic mass is 9.96. The molecule has 0 aliphatic heterocycles. The van der Waals surface area contributed by atoms with Gasteiger partial charge < -0.3 is 15.1 Å². The fourth-order valence-electron chi connectivity index (χ4n) is 2.97. The molecule has 1 aliphatic rings. The zero-order valence-electron chi connectivity index (χ0n) is 13.5. The maximum Gasteiger partial charge on any atom is 0.272 e. The molecule has 1 aromatic rings. The van der Waals surface area contributed by atoms with Gasteiger partial charge in [-0.2, -0.15) is 0 Å². The molecule has 1 fully saturated rings. The molecule has 1 saturated carbocycles. The van der Waals surface area contributed by atoms with Crippen molar-refractivity contribution in [1.29, 1.82) is 0 Å². The van der Waals surface area contributed by atoms with Crippen LogP contribution >= 0.6 is 0 Å². The number of nitrogens with zero attached hydrogens (tertiary/aromatic N) is 3. The predicted octanol–water partition coefficient (Wildman–Crippen LogP) is 2.07. The van der Waals surface area contributed by atoms with Gasteiger partial charge in [0.25, 0.3) is 5.91 Å². The fraction of sp³-hybridized carbons (Fsp3) is 0.625. The summed E-state index contributed by atoms with van der Waals surface area (Å²) in [4.78, 5) is 20.0. The molecule has 0 bridgehead atoms. The minimum atomic E-state index is -0.0677. The Bertz CT molecular complexity index is 493. The average molecular weight is 290 g/mol. The monoisotopic (exact) mass is 290 g/mol. The SMILES string of the molecule is CN(C)C(=O)c1cc(NCC2(N(C)C)CCCC2)ccn1. The Kier molecular flexibility index (Phi) is 4.83. The number of amides is 1. The van der Waals surface area contributed by atoms with Gasteiger partial charge in [0.2, 0.25) is 0 Å². The first kappa shape index (κ1) is 15.8. The zero-order valence-corrected chi connectivity index (χ0v) is 13.5. The molecule has 1 aromatic heterocycles. The predicted molar refractivity (Wildman–Crippen MR) is 85.6 cm³/mol. The molecule has 1 amide bonds. The Morgan fingerprint density at radius 2 is 1.95 bits per heavy atom. The van der Waals surface area contributed by atoms with E-state index in [1.165, 1.54) is 25.7 Å². The molecule has 0 radical (unpaired) electrons. The fourth-order valence-corrected chi connectivity index (χ4v) is 2.97. The quantitative estimate of drug-likeness (QED) is 0.902. The Hall–Kier alpha value is -1.62. The molecule has 116 valence electrons. The van der Waals surface area contributed by atoms with Crippen LogP contribution in [0.25, 0.3) is 0 Å². The minimum absolute atomic E-state index is 0.0677. The van der Waals surface area contributed by atoms with Crippen molar-refractivity contribution in [3.8, 4) is 0 Å². The number of carbonyl (C=O) groups excluding carboxylic acids is 1. The number of anilines is 1. The van der Waals surface area contributed by atoms with Gasteiger partial charge in [0.1, 0.15) is 5.69 Å². The van der Waals surface area contributed by atoms with E-state index < -0.39 is 0 Å². The lowest BCUT2D eigenvalue weighted by Crippen LogP contribution is -2.47. The average Bonchev–Trinajstić information content (AvgIpc) is 2.95. The van der Waals surface area contributed by atoms with E-state index >= 15 is 0 Å². The lowest BCUT2D eigenvalue weighted by Gasteiger charge is -2.36. The van der Waals surface area contributed by atoms with Gasteiger partial charge in [-0.05, 0) is 39.1 Å². The number of likely N-dealkylation sites (N-methyl/N-ethyl adjacent to an activating group) is 1. The molecule has 1 heterocycles. The van der Waals surface area contributed by atoms with Crippen molar-refractivity contribution >= 4 is 11.6 Å². The first-order valence-electron chi connectivity index (χ1n) is 7.54. The van der Waals surface area contributed by atoms with E-state index in [9.17, 15) is 4.79 Å². The van der Waals surface area contributed by atoms with E-state index in [4.69, 9.17) is 0 Å². The van der Waals surface area contributed by atoms with E-state index in [0.29, 0.717) is 5.69 Å². The molecule has 1 aliphatic carbocycles. The molecule has 21 heavy (non-hydrogen) atoms. The number of nitrogens with one attached hydrogen (secondary N) is 1. The molecule has 0 atom stereocenters. The summed E-state index contributed by atoms with van der Waals surface area (Å²) in [5.74, 6) is -0.0677. The topological polar surface area (TPSA) is 48.5 Å². The number of hydrogen-bond donors (Lipinski definition) is 1. The summed E-state index contributed by atoms with van der Waals surface area (Å²) in [6, 6.07) is 3.76. The number of pyridine rings is 1. The van der Waals surface area contributed by atoms with Crippen LogP contribution in [0.1, 0.15) is 36.2 Å². The van der Waals surface area contributed by atoms with Gasteiger partial charge in [-0.3, -0.25) is 9.78 Å². The normalized spacial score (nSPS) is 17.0. The molecular weight excluding hydrogens is 264 g/mol. The third-order valence-corrected chi connectivity index (χ3v) is 4.49. The molecule has 0 unspecified atom stereocenters. The Morgan fingerprint density at radius 3 is 2.52 bits per heavy atom. The molecule has 5 heteroatoms. The minimum Gasteiger partial charge on any atom is -0.383 e. The molecule has 0 saturated heterocycles. The second-order valence-electron chi connectivity index (χ2n) is 6.31. The summed E-state index contributed by atoms with van der Waals surface area (Å²) >= 11 is 0. The van der Waals surface area contributed by atoms with Crippen LogP contribution < -0.4 is 5.32 Å². The third-order valence-electron chi connectivity index (χ3n) is 4.49. The van der Waals surface area contributed by atoms with Gasteiger partial charge in [-0.15, -0.1) is 0 Å². The summed E-state index contributed by atoms with van der Waals surface area (Å²) in [7, 11) is 7.79. The second kappa shape index (κ2) is 6.43. The number of rotatable bonds is 5. The molecule has 5 nitrogen and oxygen atoms in total. The maximum atomic E-state index is 12.0. The van der Waals surface area contributed by atoms with Gasteiger partial charge in [0, 0.05) is 38.1 Å². The summed E-state index contributed by atoms with van der Waals surface area (Å²) < 4.78 is 0. The van der Waals surface area contributed by atoms with Gasteiger partial charge in [0.05, 0.1) is 0 Å². The van der Waals surface area contributed by atoms with Crippen LogP contribution in [0.3, 0.4) is 0 Å². The van der Waals surface area contributed by atoms with Crippen molar-refractivity contribution in [2.45, 2.75) is 31.2 Å². The highest BCUT2D eigenvalue weighted by Gasteiger charge is 2.35. The number of hydrogen-bond acceptors (Lipinski definition) is 4. The van der Waals surface area contributed by atoms with Crippen LogP contribution in [0.15, 0.2) is 18.3 Å². The van der Waals surface area contributed by atoms with Crippen molar-refractivity contribution in [3.05, 3.63) is 24.0 Å². The van der Waals surface area contributed by atoms with Crippen molar-refractivity contribution in [1.82, 2.24) is 14.8 Å². The first-order valence-corrected chi connectivity index (χ1v) is 7.54. The van der Waals surface area contributed by atoms with Crippen LogP contribution in [0.2, 0.25) is 0 Å².